The lowest BCUT2D eigenvalue weighted by molar-refractivity contribution is 0.0172. The van der Waals surface area contributed by atoms with Gasteiger partial charge in [0.2, 0.25) is 0 Å². The maximum absolute atomic E-state index is 12.3. The molecule has 9 nitrogen and oxygen atoms in total. The van der Waals surface area contributed by atoms with Crippen LogP contribution >= 0.6 is 0 Å². The van der Waals surface area contributed by atoms with Gasteiger partial charge >= 0.3 is 11.8 Å². The predicted molar refractivity (Wildman–Crippen MR) is 88.6 cm³/mol. The molecule has 1 aliphatic rings. The molecule has 1 unspecified atom stereocenters. The van der Waals surface area contributed by atoms with Gasteiger partial charge in [-0.05, 0) is 33.6 Å². The van der Waals surface area contributed by atoms with E-state index in [1.807, 2.05) is 20.8 Å². The fourth-order valence-electron chi connectivity index (χ4n) is 2.95. The molecule has 0 saturated carbocycles. The standard InChI is InChI=1S/C15H22N6O3/c1-15(2,3)24-14(23)20-6-4-5-9(7-20)21-12-10(19-13(21)22)11(16)17-8-18-12/h8-9H,4-7H2,1-3H3,(H,19,22)(H2,16,17,18). The summed E-state index contributed by atoms with van der Waals surface area (Å²) in [5.74, 6) is 0.232. The van der Waals surface area contributed by atoms with E-state index in [0.717, 1.165) is 12.8 Å². The number of nitrogens with one attached hydrogen (secondary N) is 1. The monoisotopic (exact) mass is 334 g/mol. The molecule has 24 heavy (non-hydrogen) atoms. The molecule has 1 saturated heterocycles. The molecule has 0 aliphatic carbocycles. The van der Waals surface area contributed by atoms with Crippen LogP contribution in [0.3, 0.4) is 0 Å². The van der Waals surface area contributed by atoms with Gasteiger partial charge in [-0.25, -0.2) is 19.6 Å². The van der Waals surface area contributed by atoms with Gasteiger partial charge in [0.1, 0.15) is 17.4 Å². The Balaban J connectivity index is 1.88. The van der Waals surface area contributed by atoms with Crippen LogP contribution in [0.25, 0.3) is 11.2 Å². The third-order valence-electron chi connectivity index (χ3n) is 3.95. The number of rotatable bonds is 1. The summed E-state index contributed by atoms with van der Waals surface area (Å²) in [6, 6.07) is -0.179. The minimum absolute atomic E-state index is 0.179. The second-order valence-electron chi connectivity index (χ2n) is 6.98. The van der Waals surface area contributed by atoms with Crippen molar-refractivity contribution >= 4 is 23.1 Å². The Hall–Kier alpha value is -2.58. The highest BCUT2D eigenvalue weighted by atomic mass is 16.6. The fraction of sp³-hybridized carbons (Fsp3) is 0.600. The van der Waals surface area contributed by atoms with Crippen LogP contribution in [0, 0.1) is 0 Å². The Labute approximate surface area is 138 Å². The number of imidazole rings is 1. The van der Waals surface area contributed by atoms with Crippen molar-refractivity contribution in [3.05, 3.63) is 16.8 Å². The highest BCUT2D eigenvalue weighted by Crippen LogP contribution is 2.25. The Bertz CT molecular complexity index is 819. The molecular weight excluding hydrogens is 312 g/mol. The molecule has 1 aliphatic heterocycles. The van der Waals surface area contributed by atoms with Crippen molar-refractivity contribution in [1.29, 1.82) is 0 Å². The molecule has 2 aromatic heterocycles. The fourth-order valence-corrected chi connectivity index (χ4v) is 2.95. The van der Waals surface area contributed by atoms with E-state index < -0.39 is 5.60 Å². The van der Waals surface area contributed by atoms with Crippen LogP contribution in [-0.2, 0) is 4.74 Å². The van der Waals surface area contributed by atoms with Crippen LogP contribution in [-0.4, -0.2) is 49.2 Å². The molecule has 0 spiro atoms. The quantitative estimate of drug-likeness (QED) is 0.810. The number of anilines is 1. The van der Waals surface area contributed by atoms with Gasteiger partial charge < -0.3 is 20.4 Å². The van der Waals surface area contributed by atoms with E-state index in [1.54, 1.807) is 9.47 Å². The van der Waals surface area contributed by atoms with Crippen molar-refractivity contribution < 1.29 is 9.53 Å². The van der Waals surface area contributed by atoms with Crippen LogP contribution in [0.5, 0.6) is 0 Å². The topological polar surface area (TPSA) is 119 Å². The first kappa shape index (κ1) is 16.3. The smallest absolute Gasteiger partial charge is 0.410 e. The first-order valence-electron chi connectivity index (χ1n) is 7.95. The number of aromatic amines is 1. The molecular formula is C15H22N6O3. The Kier molecular flexibility index (Phi) is 3.94. The zero-order valence-corrected chi connectivity index (χ0v) is 14.1. The minimum Gasteiger partial charge on any atom is -0.444 e. The summed E-state index contributed by atoms with van der Waals surface area (Å²) in [5.41, 5.74) is 5.83. The van der Waals surface area contributed by atoms with Crippen molar-refractivity contribution in [1.82, 2.24) is 24.4 Å². The largest absolute Gasteiger partial charge is 0.444 e. The number of amides is 1. The van der Waals surface area contributed by atoms with Crippen molar-refractivity contribution in [3.8, 4) is 0 Å². The van der Waals surface area contributed by atoms with Crippen molar-refractivity contribution in [2.45, 2.75) is 45.3 Å². The summed E-state index contributed by atoms with van der Waals surface area (Å²) in [5, 5.41) is 0. The van der Waals surface area contributed by atoms with Crippen LogP contribution in [0.2, 0.25) is 0 Å². The third-order valence-corrected chi connectivity index (χ3v) is 3.95. The number of hydrogen-bond donors (Lipinski definition) is 2. The number of fused-ring (bicyclic) bond motifs is 1. The summed E-state index contributed by atoms with van der Waals surface area (Å²) in [6.45, 7) is 6.49. The highest BCUT2D eigenvalue weighted by Gasteiger charge is 2.30. The summed E-state index contributed by atoms with van der Waals surface area (Å²) >= 11 is 0. The first-order valence-corrected chi connectivity index (χ1v) is 7.95. The van der Waals surface area contributed by atoms with E-state index in [2.05, 4.69) is 15.0 Å². The molecule has 1 atom stereocenters. The van der Waals surface area contributed by atoms with Crippen molar-refractivity contribution in [2.24, 2.45) is 0 Å². The number of ether oxygens (including phenoxy) is 1. The van der Waals surface area contributed by atoms with Crippen LogP contribution in [0.15, 0.2) is 11.1 Å². The highest BCUT2D eigenvalue weighted by molar-refractivity contribution is 5.81. The summed E-state index contributed by atoms with van der Waals surface area (Å²) in [7, 11) is 0. The molecule has 0 bridgehead atoms. The molecule has 1 fully saturated rings. The maximum atomic E-state index is 12.3. The van der Waals surface area contributed by atoms with Gasteiger partial charge in [0.05, 0.1) is 6.04 Å². The van der Waals surface area contributed by atoms with E-state index in [4.69, 9.17) is 10.5 Å². The number of nitrogens with two attached hydrogens (primary N) is 1. The van der Waals surface area contributed by atoms with Gasteiger partial charge in [-0.15, -0.1) is 0 Å². The number of carbonyl (C=O) groups is 1. The molecule has 3 N–H and O–H groups in total. The Morgan fingerprint density at radius 2 is 2.17 bits per heavy atom. The first-order chi connectivity index (χ1) is 11.3. The van der Waals surface area contributed by atoms with Crippen LogP contribution in [0.1, 0.15) is 39.7 Å². The van der Waals surface area contributed by atoms with E-state index in [9.17, 15) is 9.59 Å². The van der Waals surface area contributed by atoms with Crippen molar-refractivity contribution in [2.75, 3.05) is 18.8 Å². The predicted octanol–water partition coefficient (Wildman–Crippen LogP) is 1.27. The number of nitrogens with zero attached hydrogens (tertiary/aromatic N) is 4. The van der Waals surface area contributed by atoms with Gasteiger partial charge in [-0.1, -0.05) is 0 Å². The van der Waals surface area contributed by atoms with Gasteiger partial charge in [0.25, 0.3) is 0 Å². The van der Waals surface area contributed by atoms with Gasteiger partial charge in [0, 0.05) is 13.1 Å². The lowest BCUT2D eigenvalue weighted by Gasteiger charge is -2.34. The average Bonchev–Trinajstić information content (AvgIpc) is 2.83. The third kappa shape index (κ3) is 3.06. The number of H-pyrrole nitrogens is 1. The Morgan fingerprint density at radius 1 is 1.42 bits per heavy atom. The zero-order chi connectivity index (χ0) is 17.5. The number of likely N-dealkylation sites (tertiary alicyclic amines) is 1. The number of piperidine rings is 1. The number of hydrogen-bond acceptors (Lipinski definition) is 6. The molecule has 9 heteroatoms. The molecule has 0 aromatic carbocycles. The second-order valence-corrected chi connectivity index (χ2v) is 6.98. The molecule has 0 radical (unpaired) electrons. The lowest BCUT2D eigenvalue weighted by Crippen LogP contribution is -2.44. The number of aromatic nitrogens is 4. The summed E-state index contributed by atoms with van der Waals surface area (Å²) in [6.07, 6.45) is 2.52. The molecule has 130 valence electrons. The summed E-state index contributed by atoms with van der Waals surface area (Å²) in [4.78, 5) is 37.0. The second kappa shape index (κ2) is 5.81. The van der Waals surface area contributed by atoms with E-state index in [-0.39, 0.29) is 23.6 Å². The normalized spacial score (nSPS) is 18.8. The lowest BCUT2D eigenvalue weighted by atomic mass is 10.1. The van der Waals surface area contributed by atoms with Gasteiger partial charge in [-0.3, -0.25) is 4.57 Å². The minimum atomic E-state index is -0.552. The number of carbonyl (C=O) groups excluding carboxylic acids is 1. The average molecular weight is 334 g/mol. The molecule has 2 aromatic rings. The van der Waals surface area contributed by atoms with Crippen LogP contribution < -0.4 is 11.4 Å². The van der Waals surface area contributed by atoms with E-state index >= 15 is 0 Å². The van der Waals surface area contributed by atoms with Gasteiger partial charge in [-0.2, -0.15) is 0 Å². The summed E-state index contributed by atoms with van der Waals surface area (Å²) < 4.78 is 6.99. The van der Waals surface area contributed by atoms with Crippen LogP contribution in [0.4, 0.5) is 10.6 Å². The molecule has 3 rings (SSSR count). The SMILES string of the molecule is CC(C)(C)OC(=O)N1CCCC(n2c(=O)[nH]c3c(N)ncnc32)C1. The van der Waals surface area contributed by atoms with E-state index in [0.29, 0.717) is 24.3 Å². The van der Waals surface area contributed by atoms with E-state index in [1.165, 1.54) is 6.33 Å². The molecule has 3 heterocycles. The molecule has 1 amide bonds. The van der Waals surface area contributed by atoms with Crippen molar-refractivity contribution in [3.63, 3.8) is 0 Å². The maximum Gasteiger partial charge on any atom is 0.410 e. The van der Waals surface area contributed by atoms with Gasteiger partial charge in [0.15, 0.2) is 11.5 Å². The Morgan fingerprint density at radius 3 is 2.88 bits per heavy atom. The zero-order valence-electron chi connectivity index (χ0n) is 14.1. The number of nitrogen functional groups attached to an aromatic ring is 1.